The molecule has 1 heterocycles. The number of rotatable bonds is 7. The highest BCUT2D eigenvalue weighted by Crippen LogP contribution is 2.21. The Bertz CT molecular complexity index is 616. The summed E-state index contributed by atoms with van der Waals surface area (Å²) in [5, 5.41) is 13.1. The van der Waals surface area contributed by atoms with Crippen LogP contribution in [0.3, 0.4) is 0 Å². The second kappa shape index (κ2) is 7.51. The number of aliphatic hydroxyl groups excluding tert-OH is 1. The molecule has 0 saturated heterocycles. The molecule has 23 heavy (non-hydrogen) atoms. The minimum Gasteiger partial charge on any atom is -0.459 e. The lowest BCUT2D eigenvalue weighted by atomic mass is 9.89. The van der Waals surface area contributed by atoms with E-state index in [9.17, 15) is 9.90 Å². The highest BCUT2D eigenvalue weighted by molar-refractivity contribution is 5.78. The molecule has 0 fully saturated rings. The van der Waals surface area contributed by atoms with E-state index in [-0.39, 0.29) is 18.1 Å². The molecule has 2 aromatic rings. The Morgan fingerprint density at radius 2 is 2.09 bits per heavy atom. The van der Waals surface area contributed by atoms with Gasteiger partial charge in [0.25, 0.3) is 0 Å². The second-order valence-corrected chi connectivity index (χ2v) is 6.76. The quantitative estimate of drug-likeness (QED) is 0.769. The number of furan rings is 1. The topological polar surface area (TPSA) is 65.7 Å². The molecule has 2 N–H and O–H groups in total. The molecule has 1 aromatic heterocycles. The van der Waals surface area contributed by atoms with Crippen molar-refractivity contribution in [3.8, 4) is 0 Å². The van der Waals surface area contributed by atoms with Gasteiger partial charge in [0.2, 0.25) is 0 Å². The highest BCUT2D eigenvalue weighted by Gasteiger charge is 2.16. The van der Waals surface area contributed by atoms with Crippen LogP contribution in [0.4, 0.5) is 4.79 Å². The van der Waals surface area contributed by atoms with E-state index < -0.39 is 0 Å². The first-order valence-electron chi connectivity index (χ1n) is 7.98. The number of benzene rings is 1. The number of nitrogens with one attached hydrogen (secondary N) is 1. The number of hydrogen-bond donors (Lipinski definition) is 2. The molecule has 126 valence electrons. The molecular weight excluding hydrogens is 292 g/mol. The van der Waals surface area contributed by atoms with Crippen molar-refractivity contribution in [3.63, 3.8) is 0 Å². The van der Waals surface area contributed by atoms with Gasteiger partial charge in [-0.1, -0.05) is 32.0 Å². The van der Waals surface area contributed by atoms with Crippen molar-refractivity contribution >= 4 is 17.0 Å². The average Bonchev–Trinajstić information content (AvgIpc) is 2.93. The van der Waals surface area contributed by atoms with Gasteiger partial charge in [0.1, 0.15) is 11.3 Å². The zero-order chi connectivity index (χ0) is 16.9. The van der Waals surface area contributed by atoms with Gasteiger partial charge in [-0.2, -0.15) is 0 Å². The minimum atomic E-state index is -0.118. The zero-order valence-corrected chi connectivity index (χ0v) is 14.1. The van der Waals surface area contributed by atoms with Crippen LogP contribution in [0.5, 0.6) is 0 Å². The van der Waals surface area contributed by atoms with Crippen LogP contribution in [0.1, 0.15) is 32.4 Å². The minimum absolute atomic E-state index is 0.0924. The van der Waals surface area contributed by atoms with Crippen LogP contribution >= 0.6 is 0 Å². The van der Waals surface area contributed by atoms with Crippen LogP contribution in [0, 0.1) is 5.41 Å². The van der Waals surface area contributed by atoms with E-state index in [0.717, 1.165) is 29.6 Å². The molecule has 2 amide bonds. The van der Waals surface area contributed by atoms with Crippen LogP contribution in [-0.4, -0.2) is 36.2 Å². The van der Waals surface area contributed by atoms with E-state index in [2.05, 4.69) is 5.32 Å². The summed E-state index contributed by atoms with van der Waals surface area (Å²) in [6.07, 6.45) is 1.72. The molecule has 5 heteroatoms. The Labute approximate surface area is 137 Å². The summed E-state index contributed by atoms with van der Waals surface area (Å²) in [5.41, 5.74) is 0.743. The van der Waals surface area contributed by atoms with Crippen molar-refractivity contribution in [1.82, 2.24) is 10.2 Å². The fourth-order valence-corrected chi connectivity index (χ4v) is 2.40. The van der Waals surface area contributed by atoms with E-state index >= 15 is 0 Å². The van der Waals surface area contributed by atoms with E-state index in [1.165, 1.54) is 0 Å². The number of nitrogens with zero attached hydrogens (tertiary/aromatic N) is 1. The van der Waals surface area contributed by atoms with Gasteiger partial charge >= 0.3 is 6.03 Å². The number of amides is 2. The normalized spacial score (nSPS) is 11.7. The molecule has 0 radical (unpaired) electrons. The van der Waals surface area contributed by atoms with Crippen LogP contribution in [0.25, 0.3) is 11.0 Å². The fourth-order valence-electron chi connectivity index (χ4n) is 2.40. The average molecular weight is 318 g/mol. The lowest BCUT2D eigenvalue weighted by molar-refractivity contribution is 0.147. The molecule has 0 atom stereocenters. The van der Waals surface area contributed by atoms with E-state index in [1.807, 2.05) is 44.2 Å². The van der Waals surface area contributed by atoms with Crippen LogP contribution < -0.4 is 5.32 Å². The molecule has 2 rings (SSSR count). The number of urea groups is 1. The number of carbonyl (C=O) groups is 1. The summed E-state index contributed by atoms with van der Waals surface area (Å²) in [5.74, 6) is 0.769. The van der Waals surface area contributed by atoms with Crippen molar-refractivity contribution < 1.29 is 14.3 Å². The first-order chi connectivity index (χ1) is 10.9. The van der Waals surface area contributed by atoms with Crippen LogP contribution in [-0.2, 0) is 6.54 Å². The fraction of sp³-hybridized carbons (Fsp3) is 0.500. The summed E-state index contributed by atoms with van der Waals surface area (Å²) in [6.45, 7) is 5.23. The van der Waals surface area contributed by atoms with Gasteiger partial charge in [-0.15, -0.1) is 0 Å². The van der Waals surface area contributed by atoms with E-state index in [1.54, 1.807) is 11.9 Å². The molecule has 5 nitrogen and oxygen atoms in total. The molecule has 0 aliphatic heterocycles. The summed E-state index contributed by atoms with van der Waals surface area (Å²) in [4.78, 5) is 13.7. The number of hydrogen-bond acceptors (Lipinski definition) is 3. The predicted molar refractivity (Wildman–Crippen MR) is 91.2 cm³/mol. The van der Waals surface area contributed by atoms with Crippen LogP contribution in [0.2, 0.25) is 0 Å². The van der Waals surface area contributed by atoms with Crippen molar-refractivity contribution in [2.24, 2.45) is 5.41 Å². The molecule has 1 aromatic carbocycles. The predicted octanol–water partition coefficient (Wildman–Crippen LogP) is 3.37. The summed E-state index contributed by atoms with van der Waals surface area (Å²) < 4.78 is 5.72. The van der Waals surface area contributed by atoms with Gasteiger partial charge in [0.05, 0.1) is 6.54 Å². The van der Waals surface area contributed by atoms with Crippen LogP contribution in [0.15, 0.2) is 34.7 Å². The highest BCUT2D eigenvalue weighted by atomic mass is 16.3. The third kappa shape index (κ3) is 4.99. The monoisotopic (exact) mass is 318 g/mol. The molecule has 0 spiro atoms. The van der Waals surface area contributed by atoms with Gasteiger partial charge in [-0.25, -0.2) is 4.79 Å². The third-order valence-corrected chi connectivity index (χ3v) is 3.95. The first kappa shape index (κ1) is 17.3. The van der Waals surface area contributed by atoms with Gasteiger partial charge in [-0.3, -0.25) is 0 Å². The van der Waals surface area contributed by atoms with Gasteiger partial charge < -0.3 is 19.7 Å². The molecule has 0 aliphatic carbocycles. The Balaban J connectivity index is 1.78. The van der Waals surface area contributed by atoms with E-state index in [0.29, 0.717) is 13.1 Å². The Kier molecular flexibility index (Phi) is 5.66. The summed E-state index contributed by atoms with van der Waals surface area (Å²) in [7, 11) is 1.75. The Morgan fingerprint density at radius 1 is 1.35 bits per heavy atom. The van der Waals surface area contributed by atoms with Gasteiger partial charge in [-0.05, 0) is 30.4 Å². The lowest BCUT2D eigenvalue weighted by Crippen LogP contribution is -2.37. The standard InChI is InChI=1S/C18H26N2O3/c1-18(2,13-21)9-6-10-19-17(22)20(3)12-15-11-14-7-4-5-8-16(14)23-15/h4-5,7-8,11,21H,6,9-10,12-13H2,1-3H3,(H,19,22). The zero-order valence-electron chi connectivity index (χ0n) is 14.1. The molecule has 0 saturated carbocycles. The van der Waals surface area contributed by atoms with Crippen molar-refractivity contribution in [3.05, 3.63) is 36.1 Å². The number of aliphatic hydroxyl groups is 1. The number of para-hydroxylation sites is 1. The largest absolute Gasteiger partial charge is 0.459 e. The van der Waals surface area contributed by atoms with Crippen molar-refractivity contribution in [2.75, 3.05) is 20.2 Å². The number of carbonyl (C=O) groups excluding carboxylic acids is 1. The first-order valence-corrected chi connectivity index (χ1v) is 7.98. The SMILES string of the molecule is CN(Cc1cc2ccccc2o1)C(=O)NCCCC(C)(C)CO. The van der Waals surface area contributed by atoms with Gasteiger partial charge in [0, 0.05) is 25.6 Å². The second-order valence-electron chi connectivity index (χ2n) is 6.76. The van der Waals surface area contributed by atoms with Crippen molar-refractivity contribution in [1.29, 1.82) is 0 Å². The Morgan fingerprint density at radius 3 is 2.78 bits per heavy atom. The molecular formula is C18H26N2O3. The maximum atomic E-state index is 12.1. The summed E-state index contributed by atoms with van der Waals surface area (Å²) in [6, 6.07) is 9.65. The maximum Gasteiger partial charge on any atom is 0.317 e. The summed E-state index contributed by atoms with van der Waals surface area (Å²) >= 11 is 0. The molecule has 0 aliphatic rings. The van der Waals surface area contributed by atoms with E-state index in [4.69, 9.17) is 4.42 Å². The van der Waals surface area contributed by atoms with Crippen molar-refractivity contribution in [2.45, 2.75) is 33.2 Å². The molecule has 0 bridgehead atoms. The Hall–Kier alpha value is -2.01. The number of fused-ring (bicyclic) bond motifs is 1. The van der Waals surface area contributed by atoms with Gasteiger partial charge in [0.15, 0.2) is 0 Å². The lowest BCUT2D eigenvalue weighted by Gasteiger charge is -2.22. The third-order valence-electron chi connectivity index (χ3n) is 3.95. The smallest absolute Gasteiger partial charge is 0.317 e. The molecule has 0 unspecified atom stereocenters. The maximum absolute atomic E-state index is 12.1.